The highest BCUT2D eigenvalue weighted by molar-refractivity contribution is 5.76. The Balaban J connectivity index is 1.66. The van der Waals surface area contributed by atoms with Gasteiger partial charge in [-0.2, -0.15) is 0 Å². The van der Waals surface area contributed by atoms with Gasteiger partial charge in [0.1, 0.15) is 0 Å². The van der Waals surface area contributed by atoms with Crippen LogP contribution in [0.1, 0.15) is 19.3 Å². The molecule has 0 saturated heterocycles. The number of esters is 1. The summed E-state index contributed by atoms with van der Waals surface area (Å²) in [7, 11) is 0. The summed E-state index contributed by atoms with van der Waals surface area (Å²) in [5.74, 6) is -1.02. The van der Waals surface area contributed by atoms with Crippen LogP contribution >= 0.6 is 0 Å². The summed E-state index contributed by atoms with van der Waals surface area (Å²) in [6, 6.07) is 0. The molecule has 0 radical (unpaired) electrons. The number of aliphatic carboxylic acids is 1. The van der Waals surface area contributed by atoms with Crippen molar-refractivity contribution in [2.24, 2.45) is 11.3 Å². The van der Waals surface area contributed by atoms with Crippen molar-refractivity contribution in [3.8, 4) is 0 Å². The molecule has 1 N–H and O–H groups in total. The van der Waals surface area contributed by atoms with Crippen molar-refractivity contribution in [2.45, 2.75) is 19.3 Å². The van der Waals surface area contributed by atoms with E-state index in [2.05, 4.69) is 12.2 Å². The molecule has 0 aromatic carbocycles. The van der Waals surface area contributed by atoms with E-state index in [1.807, 2.05) is 12.2 Å². The third-order valence-corrected chi connectivity index (χ3v) is 3.11. The molecule has 2 aliphatic carbocycles. The maximum Gasteiger partial charge on any atom is 0.306 e. The van der Waals surface area contributed by atoms with Crippen LogP contribution in [-0.2, 0) is 14.3 Å². The molecule has 0 bridgehead atoms. The molecule has 1 spiro atoms. The Hall–Kier alpha value is -1.58. The van der Waals surface area contributed by atoms with E-state index < -0.39 is 11.9 Å². The van der Waals surface area contributed by atoms with Gasteiger partial charge in [0.2, 0.25) is 0 Å². The van der Waals surface area contributed by atoms with Crippen molar-refractivity contribution in [3.05, 3.63) is 24.3 Å². The lowest BCUT2D eigenvalue weighted by atomic mass is 10.1. The fraction of sp³-hybridized carbons (Fsp3) is 0.500. The fourth-order valence-electron chi connectivity index (χ4n) is 1.99. The SMILES string of the molecule is O=C(O)CCC(=O)OCC1CC12C=CC=C2. The number of carbonyl (C=O) groups is 2. The Labute approximate surface area is 93.6 Å². The van der Waals surface area contributed by atoms with Gasteiger partial charge in [0.25, 0.3) is 0 Å². The molecule has 1 saturated carbocycles. The average molecular weight is 222 g/mol. The van der Waals surface area contributed by atoms with E-state index in [4.69, 9.17) is 9.84 Å². The smallest absolute Gasteiger partial charge is 0.306 e. The van der Waals surface area contributed by atoms with E-state index in [9.17, 15) is 9.59 Å². The van der Waals surface area contributed by atoms with Crippen LogP contribution in [0.4, 0.5) is 0 Å². The van der Waals surface area contributed by atoms with Crippen LogP contribution in [0.2, 0.25) is 0 Å². The van der Waals surface area contributed by atoms with Crippen LogP contribution in [0.5, 0.6) is 0 Å². The number of hydrogen-bond donors (Lipinski definition) is 1. The van der Waals surface area contributed by atoms with Crippen LogP contribution < -0.4 is 0 Å². The van der Waals surface area contributed by atoms with E-state index >= 15 is 0 Å². The van der Waals surface area contributed by atoms with E-state index in [1.165, 1.54) is 0 Å². The van der Waals surface area contributed by atoms with Crippen LogP contribution in [0, 0.1) is 11.3 Å². The summed E-state index contributed by atoms with van der Waals surface area (Å²) in [5, 5.41) is 8.39. The van der Waals surface area contributed by atoms with Gasteiger partial charge in [-0.15, -0.1) is 0 Å². The quantitative estimate of drug-likeness (QED) is 0.716. The van der Waals surface area contributed by atoms with Gasteiger partial charge in [0.15, 0.2) is 0 Å². The maximum absolute atomic E-state index is 11.2. The monoisotopic (exact) mass is 222 g/mol. The molecule has 86 valence electrons. The van der Waals surface area contributed by atoms with Crippen molar-refractivity contribution >= 4 is 11.9 Å². The topological polar surface area (TPSA) is 63.6 Å². The average Bonchev–Trinajstić information content (AvgIpc) is 2.67. The minimum Gasteiger partial charge on any atom is -0.481 e. The van der Waals surface area contributed by atoms with Crippen molar-refractivity contribution in [1.29, 1.82) is 0 Å². The molecule has 0 aliphatic heterocycles. The molecule has 2 aliphatic rings. The van der Waals surface area contributed by atoms with E-state index in [0.717, 1.165) is 6.42 Å². The summed E-state index contributed by atoms with van der Waals surface area (Å²) >= 11 is 0. The van der Waals surface area contributed by atoms with Gasteiger partial charge in [0.05, 0.1) is 19.4 Å². The Morgan fingerprint density at radius 3 is 2.62 bits per heavy atom. The van der Waals surface area contributed by atoms with Gasteiger partial charge in [-0.1, -0.05) is 24.3 Å². The third-order valence-electron chi connectivity index (χ3n) is 3.11. The van der Waals surface area contributed by atoms with Gasteiger partial charge >= 0.3 is 11.9 Å². The number of ether oxygens (including phenoxy) is 1. The molecule has 0 aromatic rings. The number of carboxylic acids is 1. The molecule has 16 heavy (non-hydrogen) atoms. The fourth-order valence-corrected chi connectivity index (χ4v) is 1.99. The van der Waals surface area contributed by atoms with Crippen LogP contribution in [-0.4, -0.2) is 23.7 Å². The first kappa shape index (κ1) is 10.9. The largest absolute Gasteiger partial charge is 0.481 e. The molecule has 4 nitrogen and oxygen atoms in total. The second-order valence-corrected chi connectivity index (χ2v) is 4.31. The second kappa shape index (κ2) is 4.12. The van der Waals surface area contributed by atoms with Gasteiger partial charge in [-0.05, 0) is 6.42 Å². The lowest BCUT2D eigenvalue weighted by molar-refractivity contribution is -0.148. The first-order valence-electron chi connectivity index (χ1n) is 5.37. The summed E-state index contributed by atoms with van der Waals surface area (Å²) in [5.41, 5.74) is 0.132. The minimum atomic E-state index is -0.971. The molecular weight excluding hydrogens is 208 g/mol. The van der Waals surface area contributed by atoms with Crippen LogP contribution in [0.3, 0.4) is 0 Å². The molecule has 4 heteroatoms. The van der Waals surface area contributed by atoms with Crippen molar-refractivity contribution < 1.29 is 19.4 Å². The van der Waals surface area contributed by atoms with E-state index in [-0.39, 0.29) is 18.3 Å². The second-order valence-electron chi connectivity index (χ2n) is 4.31. The summed E-state index contributed by atoms with van der Waals surface area (Å²) in [6.45, 7) is 0.396. The van der Waals surface area contributed by atoms with Gasteiger partial charge < -0.3 is 9.84 Å². The third kappa shape index (κ3) is 2.32. The van der Waals surface area contributed by atoms with Crippen molar-refractivity contribution in [1.82, 2.24) is 0 Å². The Morgan fingerprint density at radius 2 is 2.00 bits per heavy atom. The molecular formula is C12H14O4. The van der Waals surface area contributed by atoms with E-state index in [1.54, 1.807) is 0 Å². The van der Waals surface area contributed by atoms with Crippen LogP contribution in [0.15, 0.2) is 24.3 Å². The van der Waals surface area contributed by atoms with Gasteiger partial charge in [-0.25, -0.2) is 0 Å². The molecule has 2 rings (SSSR count). The van der Waals surface area contributed by atoms with E-state index in [0.29, 0.717) is 12.5 Å². The summed E-state index contributed by atoms with van der Waals surface area (Å²) in [6.07, 6.45) is 9.09. The first-order valence-corrected chi connectivity index (χ1v) is 5.37. The highest BCUT2D eigenvalue weighted by Gasteiger charge is 2.51. The van der Waals surface area contributed by atoms with Crippen molar-refractivity contribution in [2.75, 3.05) is 6.61 Å². The predicted octanol–water partition coefficient (Wildman–Crippen LogP) is 1.53. The predicted molar refractivity (Wildman–Crippen MR) is 56.6 cm³/mol. The Morgan fingerprint density at radius 1 is 1.31 bits per heavy atom. The summed E-state index contributed by atoms with van der Waals surface area (Å²) < 4.78 is 5.03. The Kier molecular flexibility index (Phi) is 2.81. The van der Waals surface area contributed by atoms with Gasteiger partial charge in [0, 0.05) is 11.3 Å². The highest BCUT2D eigenvalue weighted by atomic mass is 16.5. The van der Waals surface area contributed by atoms with Crippen LogP contribution in [0.25, 0.3) is 0 Å². The molecule has 1 fully saturated rings. The number of hydrogen-bond acceptors (Lipinski definition) is 3. The number of allylic oxidation sites excluding steroid dienone is 4. The maximum atomic E-state index is 11.2. The summed E-state index contributed by atoms with van der Waals surface area (Å²) in [4.78, 5) is 21.4. The molecule has 1 atom stereocenters. The molecule has 0 heterocycles. The number of carboxylic acid groups (broad SMARTS) is 1. The molecule has 1 unspecified atom stereocenters. The lowest BCUT2D eigenvalue weighted by Crippen LogP contribution is -2.11. The normalized spacial score (nSPS) is 23.6. The standard InChI is InChI=1S/C12H14O4/c13-10(14)3-4-11(15)16-8-9-7-12(9)5-1-2-6-12/h1-2,5-6,9H,3-4,7-8H2,(H,13,14). The zero-order chi connectivity index (χ0) is 11.6. The van der Waals surface area contributed by atoms with Gasteiger partial charge in [-0.3, -0.25) is 9.59 Å². The lowest BCUT2D eigenvalue weighted by Gasteiger charge is -2.05. The zero-order valence-corrected chi connectivity index (χ0v) is 8.89. The number of rotatable bonds is 5. The zero-order valence-electron chi connectivity index (χ0n) is 8.89. The Bertz CT molecular complexity index is 355. The first-order chi connectivity index (χ1) is 7.62. The van der Waals surface area contributed by atoms with Crippen molar-refractivity contribution in [3.63, 3.8) is 0 Å². The minimum absolute atomic E-state index is 0.0409. The highest BCUT2D eigenvalue weighted by Crippen LogP contribution is 2.56. The number of carbonyl (C=O) groups excluding carboxylic acids is 1. The molecule has 0 aromatic heterocycles. The molecule has 0 amide bonds.